The molecule has 0 aromatic carbocycles. The van der Waals surface area contributed by atoms with Crippen LogP contribution in [0.5, 0.6) is 0 Å². The Morgan fingerprint density at radius 1 is 1.44 bits per heavy atom. The zero-order valence-corrected chi connectivity index (χ0v) is 11.3. The summed E-state index contributed by atoms with van der Waals surface area (Å²) in [5.74, 6) is 1.24. The van der Waals surface area contributed by atoms with Crippen LogP contribution in [0.4, 0.5) is 5.82 Å². The summed E-state index contributed by atoms with van der Waals surface area (Å²) in [6.45, 7) is 2.12. The molecule has 84 valence electrons. The molecule has 16 heavy (non-hydrogen) atoms. The van der Waals surface area contributed by atoms with Gasteiger partial charge in [0.05, 0.1) is 15.0 Å². The van der Waals surface area contributed by atoms with Crippen molar-refractivity contribution < 1.29 is 0 Å². The zero-order chi connectivity index (χ0) is 11.5. The largest absolute Gasteiger partial charge is 0.383 e. The fraction of sp³-hybridized carbons (Fsp3) is 0.273. The normalized spacial score (nSPS) is 10.6. The molecule has 0 spiro atoms. The van der Waals surface area contributed by atoms with Crippen molar-refractivity contribution in [2.24, 2.45) is 0 Å². The van der Waals surface area contributed by atoms with E-state index in [9.17, 15) is 0 Å². The van der Waals surface area contributed by atoms with E-state index in [1.54, 1.807) is 11.3 Å². The highest BCUT2D eigenvalue weighted by Crippen LogP contribution is 2.28. The van der Waals surface area contributed by atoms with Gasteiger partial charge in [-0.1, -0.05) is 19.4 Å². The van der Waals surface area contributed by atoms with Gasteiger partial charge in [-0.05, 0) is 33.8 Å². The van der Waals surface area contributed by atoms with Crippen molar-refractivity contribution in [2.45, 2.75) is 19.8 Å². The van der Waals surface area contributed by atoms with E-state index < -0.39 is 0 Å². The highest BCUT2D eigenvalue weighted by molar-refractivity contribution is 9.10. The molecular formula is C11H12BrN3S. The van der Waals surface area contributed by atoms with Gasteiger partial charge in [-0.25, -0.2) is 9.97 Å². The highest BCUT2D eigenvalue weighted by Gasteiger charge is 2.11. The summed E-state index contributed by atoms with van der Waals surface area (Å²) >= 11 is 5.05. The molecule has 2 heterocycles. The smallest absolute Gasteiger partial charge is 0.171 e. The number of hydrogen-bond acceptors (Lipinski definition) is 4. The first-order valence-corrected chi connectivity index (χ1v) is 6.75. The average molecular weight is 298 g/mol. The molecule has 2 aromatic heterocycles. The standard InChI is InChI=1S/C11H12BrN3S/c1-2-4-7-9(12)10(13)15-11(14-7)8-5-3-6-16-8/h3,5-6H,2,4H2,1H3,(H2,13,14,15). The number of aromatic nitrogens is 2. The number of thiophene rings is 1. The van der Waals surface area contributed by atoms with Crippen LogP contribution in [-0.2, 0) is 6.42 Å². The van der Waals surface area contributed by atoms with E-state index in [0.29, 0.717) is 5.82 Å². The number of nitrogen functional groups attached to an aromatic ring is 1. The third kappa shape index (κ3) is 2.25. The maximum Gasteiger partial charge on any atom is 0.171 e. The second-order valence-electron chi connectivity index (χ2n) is 3.42. The SMILES string of the molecule is CCCc1nc(-c2cccs2)nc(N)c1Br. The third-order valence-electron chi connectivity index (χ3n) is 2.17. The lowest BCUT2D eigenvalue weighted by atomic mass is 10.2. The average Bonchev–Trinajstić information content (AvgIpc) is 2.78. The summed E-state index contributed by atoms with van der Waals surface area (Å²) in [6, 6.07) is 3.99. The fourth-order valence-corrected chi connectivity index (χ4v) is 2.46. The van der Waals surface area contributed by atoms with Crippen LogP contribution in [0, 0.1) is 0 Å². The van der Waals surface area contributed by atoms with Gasteiger partial charge >= 0.3 is 0 Å². The Labute approximate surface area is 107 Å². The van der Waals surface area contributed by atoms with Crippen LogP contribution < -0.4 is 5.73 Å². The van der Waals surface area contributed by atoms with Crippen molar-refractivity contribution in [1.29, 1.82) is 0 Å². The zero-order valence-electron chi connectivity index (χ0n) is 8.90. The molecule has 0 saturated carbocycles. The van der Waals surface area contributed by atoms with Crippen LogP contribution >= 0.6 is 27.3 Å². The molecule has 0 saturated heterocycles. The molecular weight excluding hydrogens is 286 g/mol. The second-order valence-corrected chi connectivity index (χ2v) is 5.16. The van der Waals surface area contributed by atoms with Crippen LogP contribution in [0.3, 0.4) is 0 Å². The van der Waals surface area contributed by atoms with Crippen molar-refractivity contribution >= 4 is 33.1 Å². The highest BCUT2D eigenvalue weighted by atomic mass is 79.9. The number of anilines is 1. The Balaban J connectivity index is 2.48. The van der Waals surface area contributed by atoms with Gasteiger partial charge in [-0.15, -0.1) is 11.3 Å². The number of nitrogens with two attached hydrogens (primary N) is 1. The van der Waals surface area contributed by atoms with E-state index in [0.717, 1.165) is 33.7 Å². The van der Waals surface area contributed by atoms with Crippen molar-refractivity contribution in [1.82, 2.24) is 9.97 Å². The first-order chi connectivity index (χ1) is 7.72. The maximum absolute atomic E-state index is 5.86. The number of nitrogens with zero attached hydrogens (tertiary/aromatic N) is 2. The second kappa shape index (κ2) is 4.93. The van der Waals surface area contributed by atoms with Crippen LogP contribution in [0.2, 0.25) is 0 Å². The molecule has 0 unspecified atom stereocenters. The van der Waals surface area contributed by atoms with Crippen molar-refractivity contribution in [3.8, 4) is 10.7 Å². The molecule has 2 rings (SSSR count). The van der Waals surface area contributed by atoms with Crippen LogP contribution in [0.25, 0.3) is 10.7 Å². The molecule has 3 nitrogen and oxygen atoms in total. The summed E-state index contributed by atoms with van der Waals surface area (Å²) in [4.78, 5) is 9.88. The lowest BCUT2D eigenvalue weighted by molar-refractivity contribution is 0.870. The Morgan fingerprint density at radius 3 is 2.88 bits per heavy atom. The summed E-state index contributed by atoms with van der Waals surface area (Å²) < 4.78 is 0.828. The summed E-state index contributed by atoms with van der Waals surface area (Å²) in [5.41, 5.74) is 6.85. The van der Waals surface area contributed by atoms with E-state index in [4.69, 9.17) is 5.73 Å². The molecule has 0 fully saturated rings. The van der Waals surface area contributed by atoms with Gasteiger partial charge in [0, 0.05) is 0 Å². The minimum atomic E-state index is 0.516. The number of halogens is 1. The maximum atomic E-state index is 5.86. The fourth-order valence-electron chi connectivity index (χ4n) is 1.43. The van der Waals surface area contributed by atoms with Gasteiger partial charge in [0.25, 0.3) is 0 Å². The number of aryl methyl sites for hydroxylation is 1. The van der Waals surface area contributed by atoms with E-state index in [-0.39, 0.29) is 0 Å². The lowest BCUT2D eigenvalue weighted by Crippen LogP contribution is -2.02. The van der Waals surface area contributed by atoms with E-state index in [1.165, 1.54) is 0 Å². The lowest BCUT2D eigenvalue weighted by Gasteiger charge is -2.06. The molecule has 2 aromatic rings. The monoisotopic (exact) mass is 297 g/mol. The molecule has 0 radical (unpaired) electrons. The molecule has 0 atom stereocenters. The summed E-state index contributed by atoms with van der Waals surface area (Å²) in [5, 5.41) is 2.01. The van der Waals surface area contributed by atoms with Gasteiger partial charge in [0.15, 0.2) is 5.82 Å². The predicted octanol–water partition coefficient (Wildman–Crippen LogP) is 3.50. The van der Waals surface area contributed by atoms with Crippen molar-refractivity contribution in [2.75, 3.05) is 5.73 Å². The Bertz CT molecular complexity index is 482. The molecule has 0 amide bonds. The molecule has 5 heteroatoms. The molecule has 2 N–H and O–H groups in total. The van der Waals surface area contributed by atoms with Crippen LogP contribution in [0.15, 0.2) is 22.0 Å². The van der Waals surface area contributed by atoms with Gasteiger partial charge in [-0.3, -0.25) is 0 Å². The van der Waals surface area contributed by atoms with Crippen molar-refractivity contribution in [3.63, 3.8) is 0 Å². The van der Waals surface area contributed by atoms with Crippen molar-refractivity contribution in [3.05, 3.63) is 27.7 Å². The summed E-state index contributed by atoms with van der Waals surface area (Å²) in [6.07, 6.45) is 1.95. The Hall–Kier alpha value is -0.940. The first-order valence-electron chi connectivity index (χ1n) is 5.08. The molecule has 0 aliphatic rings. The van der Waals surface area contributed by atoms with Gasteiger partial charge in [0.2, 0.25) is 0 Å². The minimum absolute atomic E-state index is 0.516. The van der Waals surface area contributed by atoms with Gasteiger partial charge < -0.3 is 5.73 Å². The first kappa shape index (κ1) is 11.5. The van der Waals surface area contributed by atoms with Gasteiger partial charge in [-0.2, -0.15) is 0 Å². The summed E-state index contributed by atoms with van der Waals surface area (Å²) in [7, 11) is 0. The number of hydrogen-bond donors (Lipinski definition) is 1. The Morgan fingerprint density at radius 2 is 2.25 bits per heavy atom. The Kier molecular flexibility index (Phi) is 3.56. The number of rotatable bonds is 3. The van der Waals surface area contributed by atoms with E-state index in [1.807, 2.05) is 17.5 Å². The van der Waals surface area contributed by atoms with E-state index in [2.05, 4.69) is 32.8 Å². The van der Waals surface area contributed by atoms with Crippen LogP contribution in [-0.4, -0.2) is 9.97 Å². The predicted molar refractivity (Wildman–Crippen MR) is 71.5 cm³/mol. The topological polar surface area (TPSA) is 51.8 Å². The van der Waals surface area contributed by atoms with Crippen LogP contribution in [0.1, 0.15) is 19.0 Å². The quantitative estimate of drug-likeness (QED) is 0.943. The van der Waals surface area contributed by atoms with Gasteiger partial charge in [0.1, 0.15) is 5.82 Å². The molecule has 0 bridgehead atoms. The van der Waals surface area contributed by atoms with E-state index >= 15 is 0 Å². The molecule has 0 aliphatic heterocycles. The minimum Gasteiger partial charge on any atom is -0.383 e. The third-order valence-corrected chi connectivity index (χ3v) is 3.90. The molecule has 0 aliphatic carbocycles.